The fourth-order valence-electron chi connectivity index (χ4n) is 5.14. The molecular weight excluding hydrogens is 468 g/mol. The number of fused-ring (bicyclic) bond motifs is 1. The molecule has 1 aromatic heterocycles. The van der Waals surface area contributed by atoms with Crippen LogP contribution in [0.3, 0.4) is 0 Å². The Hall–Kier alpha value is -3.57. The molecule has 5 rings (SSSR count). The van der Waals surface area contributed by atoms with E-state index in [2.05, 4.69) is 48.6 Å². The second-order valence-electron chi connectivity index (χ2n) is 9.89. The lowest BCUT2D eigenvalue weighted by Gasteiger charge is -2.27. The van der Waals surface area contributed by atoms with Crippen molar-refractivity contribution in [2.24, 2.45) is 11.7 Å². The largest absolute Gasteiger partial charge is 0.384 e. The van der Waals surface area contributed by atoms with E-state index in [9.17, 15) is 4.79 Å². The molecule has 0 saturated heterocycles. The van der Waals surface area contributed by atoms with Gasteiger partial charge >= 0.3 is 0 Å². The van der Waals surface area contributed by atoms with Gasteiger partial charge in [-0.2, -0.15) is 0 Å². The van der Waals surface area contributed by atoms with E-state index in [1.165, 1.54) is 0 Å². The summed E-state index contributed by atoms with van der Waals surface area (Å²) < 4.78 is 1.96. The zero-order valence-corrected chi connectivity index (χ0v) is 21.2. The van der Waals surface area contributed by atoms with Crippen molar-refractivity contribution < 1.29 is 4.79 Å². The molecule has 6 heteroatoms. The van der Waals surface area contributed by atoms with Crippen LogP contribution in [0.1, 0.15) is 54.2 Å². The van der Waals surface area contributed by atoms with Gasteiger partial charge in [0, 0.05) is 23.5 Å². The number of amidine groups is 1. The van der Waals surface area contributed by atoms with Crippen molar-refractivity contribution in [1.82, 2.24) is 9.88 Å². The zero-order valence-electron chi connectivity index (χ0n) is 20.4. The van der Waals surface area contributed by atoms with Gasteiger partial charge in [-0.25, -0.2) is 0 Å². The first-order valence-corrected chi connectivity index (χ1v) is 12.9. The highest BCUT2D eigenvalue weighted by molar-refractivity contribution is 6.39. The Bertz CT molecular complexity index is 1400. The van der Waals surface area contributed by atoms with E-state index >= 15 is 0 Å². The van der Waals surface area contributed by atoms with Gasteiger partial charge in [0.15, 0.2) is 0 Å². The Labute approximate surface area is 216 Å². The van der Waals surface area contributed by atoms with Crippen molar-refractivity contribution in [3.8, 4) is 11.1 Å². The predicted octanol–water partition coefficient (Wildman–Crippen LogP) is 6.60. The third kappa shape index (κ3) is 4.89. The summed E-state index contributed by atoms with van der Waals surface area (Å²) in [5.41, 5.74) is 11.0. The Balaban J connectivity index is 1.52. The highest BCUT2D eigenvalue weighted by atomic mass is 35.5. The van der Waals surface area contributed by atoms with Crippen LogP contribution < -0.4 is 11.1 Å². The summed E-state index contributed by atoms with van der Waals surface area (Å²) in [7, 11) is 0. The first-order chi connectivity index (χ1) is 17.4. The number of aromatic nitrogens is 1. The first-order valence-electron chi connectivity index (χ1n) is 12.5. The monoisotopic (exact) mass is 498 g/mol. The van der Waals surface area contributed by atoms with Crippen LogP contribution in [0.15, 0.2) is 72.8 Å². The van der Waals surface area contributed by atoms with Crippen LogP contribution >= 0.6 is 11.6 Å². The molecule has 3 aromatic carbocycles. The van der Waals surface area contributed by atoms with Gasteiger partial charge in [0.2, 0.25) is 0 Å². The average Bonchev–Trinajstić information content (AvgIpc) is 3.17. The van der Waals surface area contributed by atoms with Gasteiger partial charge in [-0.05, 0) is 54.4 Å². The summed E-state index contributed by atoms with van der Waals surface area (Å²) in [6.45, 7) is 2.74. The molecule has 36 heavy (non-hydrogen) atoms. The average molecular weight is 499 g/mol. The molecule has 4 N–H and O–H groups in total. The van der Waals surface area contributed by atoms with Crippen molar-refractivity contribution in [3.63, 3.8) is 0 Å². The number of nitrogen functional groups attached to an aromatic ring is 1. The van der Waals surface area contributed by atoms with Gasteiger partial charge in [-0.3, -0.25) is 10.2 Å². The van der Waals surface area contributed by atoms with Crippen molar-refractivity contribution >= 4 is 34.2 Å². The van der Waals surface area contributed by atoms with Crippen molar-refractivity contribution in [1.29, 1.82) is 5.41 Å². The van der Waals surface area contributed by atoms with Crippen molar-refractivity contribution in [3.05, 3.63) is 94.6 Å². The molecule has 4 aromatic rings. The number of carbonyl (C=O) groups is 1. The number of hydrogen-bond donors (Lipinski definition) is 3. The number of carbonyl (C=O) groups excluding carboxylic acids is 1. The van der Waals surface area contributed by atoms with Crippen LogP contribution in [0.5, 0.6) is 0 Å². The third-order valence-corrected chi connectivity index (χ3v) is 7.66. The highest BCUT2D eigenvalue weighted by Crippen LogP contribution is 2.33. The van der Waals surface area contributed by atoms with E-state index in [4.69, 9.17) is 22.7 Å². The van der Waals surface area contributed by atoms with E-state index in [-0.39, 0.29) is 17.8 Å². The Morgan fingerprint density at radius 2 is 1.67 bits per heavy atom. The lowest BCUT2D eigenvalue weighted by molar-refractivity contribution is 0.0914. The van der Waals surface area contributed by atoms with Gasteiger partial charge in [0.1, 0.15) is 11.5 Å². The molecule has 1 aliphatic carbocycles. The molecule has 0 radical (unpaired) electrons. The summed E-state index contributed by atoms with van der Waals surface area (Å²) >= 11 is 6.83. The molecule has 0 atom stereocenters. The summed E-state index contributed by atoms with van der Waals surface area (Å²) in [6.07, 6.45) is 4.22. The molecule has 1 amide bonds. The van der Waals surface area contributed by atoms with E-state index < -0.39 is 0 Å². The number of halogens is 1. The molecule has 1 fully saturated rings. The Morgan fingerprint density at radius 1 is 1.00 bits per heavy atom. The number of nitrogens with two attached hydrogens (primary N) is 1. The number of amides is 1. The topological polar surface area (TPSA) is 83.9 Å². The zero-order chi connectivity index (χ0) is 25.2. The van der Waals surface area contributed by atoms with Crippen LogP contribution in [0, 0.1) is 11.3 Å². The minimum absolute atomic E-state index is 0.0182. The normalized spacial score (nSPS) is 17.7. The second-order valence-corrected chi connectivity index (χ2v) is 10.3. The molecule has 0 bridgehead atoms. The number of rotatable bonds is 6. The quantitative estimate of drug-likeness (QED) is 0.206. The van der Waals surface area contributed by atoms with E-state index in [0.29, 0.717) is 28.7 Å². The van der Waals surface area contributed by atoms with Crippen LogP contribution in [-0.4, -0.2) is 22.4 Å². The van der Waals surface area contributed by atoms with E-state index in [1.54, 1.807) is 6.07 Å². The second kappa shape index (κ2) is 10.2. The van der Waals surface area contributed by atoms with Crippen LogP contribution in [0.4, 0.5) is 0 Å². The summed E-state index contributed by atoms with van der Waals surface area (Å²) in [6, 6.07) is 24.2. The number of nitrogens with one attached hydrogen (secondary N) is 2. The number of hydrogen-bond acceptors (Lipinski definition) is 2. The Morgan fingerprint density at radius 3 is 2.33 bits per heavy atom. The van der Waals surface area contributed by atoms with Gasteiger partial charge in [0.05, 0.1) is 10.5 Å². The van der Waals surface area contributed by atoms with Crippen LogP contribution in [0.2, 0.25) is 5.02 Å². The Kier molecular flexibility index (Phi) is 6.84. The smallest absolute Gasteiger partial charge is 0.269 e. The molecule has 1 heterocycles. The molecule has 184 valence electrons. The van der Waals surface area contributed by atoms with Crippen molar-refractivity contribution in [2.75, 3.05) is 0 Å². The first kappa shape index (κ1) is 24.1. The minimum Gasteiger partial charge on any atom is -0.384 e. The standard InChI is InChI=1S/C30H31ClN4O/c1-19-7-14-24(15-8-19)34-30(36)28-27(31)25-16-13-23(29(32)33)17-26(25)35(28)18-20-9-11-22(12-10-20)21-5-3-2-4-6-21/h2-6,9-13,16-17,19,24H,7-8,14-15,18H2,1H3,(H3,32,33)(H,34,36). The van der Waals surface area contributed by atoms with Crippen LogP contribution in [-0.2, 0) is 6.54 Å². The molecule has 1 saturated carbocycles. The van der Waals surface area contributed by atoms with Gasteiger partial charge in [0.25, 0.3) is 5.91 Å². The fraction of sp³-hybridized carbons (Fsp3) is 0.267. The molecule has 5 nitrogen and oxygen atoms in total. The van der Waals surface area contributed by atoms with E-state index in [1.807, 2.05) is 34.9 Å². The molecule has 0 aliphatic heterocycles. The van der Waals surface area contributed by atoms with Gasteiger partial charge in [-0.15, -0.1) is 0 Å². The summed E-state index contributed by atoms with van der Waals surface area (Å²) in [5, 5.41) is 12.4. The van der Waals surface area contributed by atoms with Gasteiger partial charge in [-0.1, -0.05) is 85.3 Å². The van der Waals surface area contributed by atoms with Gasteiger partial charge < -0.3 is 15.6 Å². The highest BCUT2D eigenvalue weighted by Gasteiger charge is 2.26. The third-order valence-electron chi connectivity index (χ3n) is 7.28. The number of benzene rings is 3. The lowest BCUT2D eigenvalue weighted by Crippen LogP contribution is -2.38. The molecular formula is C30H31ClN4O. The predicted molar refractivity (Wildman–Crippen MR) is 148 cm³/mol. The lowest BCUT2D eigenvalue weighted by atomic mass is 9.87. The maximum Gasteiger partial charge on any atom is 0.269 e. The molecule has 0 unspecified atom stereocenters. The minimum atomic E-state index is -0.152. The molecule has 1 aliphatic rings. The maximum absolute atomic E-state index is 13.6. The van der Waals surface area contributed by atoms with E-state index in [0.717, 1.165) is 53.3 Å². The SMILES string of the molecule is CC1CCC(NC(=O)c2c(Cl)c3ccc(C(=N)N)cc3n2Cc2ccc(-c3ccccc3)cc2)CC1. The molecule has 0 spiro atoms. The van der Waals surface area contributed by atoms with Crippen molar-refractivity contribution in [2.45, 2.75) is 45.2 Å². The van der Waals surface area contributed by atoms with Crippen LogP contribution in [0.25, 0.3) is 22.0 Å². The number of nitrogens with zero attached hydrogens (tertiary/aromatic N) is 1. The summed E-state index contributed by atoms with van der Waals surface area (Å²) in [5.74, 6) is 0.536. The fourth-order valence-corrected chi connectivity index (χ4v) is 5.48. The summed E-state index contributed by atoms with van der Waals surface area (Å²) in [4.78, 5) is 13.6. The maximum atomic E-state index is 13.6.